The molecule has 1 aliphatic carbocycles. The number of hydrogen-bond acceptors (Lipinski definition) is 3. The molecule has 3 N–H and O–H groups in total. The Morgan fingerprint density at radius 3 is 3.23 bits per heavy atom. The molecule has 13 heavy (non-hydrogen) atoms. The van der Waals surface area contributed by atoms with Gasteiger partial charge in [0.25, 0.3) is 0 Å². The summed E-state index contributed by atoms with van der Waals surface area (Å²) in [6.07, 6.45) is 5.68. The molecule has 0 bridgehead atoms. The highest BCUT2D eigenvalue weighted by atomic mass is 16.7. The maximum Gasteiger partial charge on any atom is 0.203 e. The lowest BCUT2D eigenvalue weighted by Crippen LogP contribution is -2.43. The van der Waals surface area contributed by atoms with Crippen molar-refractivity contribution < 1.29 is 9.47 Å². The lowest BCUT2D eigenvalue weighted by Gasteiger charge is -2.25. The van der Waals surface area contributed by atoms with Crippen LogP contribution in [0, 0.1) is 11.3 Å². The first kappa shape index (κ1) is 8.31. The van der Waals surface area contributed by atoms with E-state index in [1.54, 1.807) is 6.08 Å². The maximum atomic E-state index is 7.45. The van der Waals surface area contributed by atoms with Gasteiger partial charge in [-0.3, -0.25) is 5.41 Å². The standard InChI is InChI=1S/C9H12N2O2/c1-6-2-3-9(8(10)11)7(4-6)12-5-13-9/h2-4,6H,5H2,1H3,(H3,10,11). The molecule has 1 heterocycles. The molecule has 2 aliphatic rings. The quantitative estimate of drug-likeness (QED) is 0.355. The van der Waals surface area contributed by atoms with E-state index < -0.39 is 5.60 Å². The van der Waals surface area contributed by atoms with Crippen LogP contribution in [0.5, 0.6) is 0 Å². The Morgan fingerprint density at radius 1 is 1.77 bits per heavy atom. The highest BCUT2D eigenvalue weighted by Gasteiger charge is 2.44. The molecular weight excluding hydrogens is 168 g/mol. The largest absolute Gasteiger partial charge is 0.468 e. The van der Waals surface area contributed by atoms with Crippen molar-refractivity contribution in [3.05, 3.63) is 24.0 Å². The molecule has 0 aromatic heterocycles. The van der Waals surface area contributed by atoms with Gasteiger partial charge in [0.15, 0.2) is 6.79 Å². The van der Waals surface area contributed by atoms with Crippen molar-refractivity contribution in [2.45, 2.75) is 12.5 Å². The third-order valence-electron chi connectivity index (χ3n) is 2.32. The fourth-order valence-electron chi connectivity index (χ4n) is 1.55. The Morgan fingerprint density at radius 2 is 2.54 bits per heavy atom. The van der Waals surface area contributed by atoms with E-state index in [1.165, 1.54) is 0 Å². The van der Waals surface area contributed by atoms with E-state index in [2.05, 4.69) is 0 Å². The van der Waals surface area contributed by atoms with E-state index in [4.69, 9.17) is 20.6 Å². The van der Waals surface area contributed by atoms with Gasteiger partial charge < -0.3 is 15.2 Å². The van der Waals surface area contributed by atoms with Crippen molar-refractivity contribution in [3.8, 4) is 0 Å². The smallest absolute Gasteiger partial charge is 0.203 e. The van der Waals surface area contributed by atoms with Crippen LogP contribution in [0.3, 0.4) is 0 Å². The number of allylic oxidation sites excluding steroid dienone is 2. The maximum absolute atomic E-state index is 7.45. The molecule has 2 rings (SSSR count). The Bertz CT molecular complexity index is 309. The third kappa shape index (κ3) is 1.06. The SMILES string of the molecule is CC1C=CC2(C(=N)N)OCOC2=C1. The predicted octanol–water partition coefficient (Wildman–Crippen LogP) is 0.755. The molecular formula is C9H12N2O2. The van der Waals surface area contributed by atoms with Crippen LogP contribution in [-0.4, -0.2) is 18.2 Å². The first-order valence-electron chi connectivity index (χ1n) is 4.18. The van der Waals surface area contributed by atoms with Gasteiger partial charge in [0, 0.05) is 0 Å². The number of amidine groups is 1. The topological polar surface area (TPSA) is 68.3 Å². The summed E-state index contributed by atoms with van der Waals surface area (Å²) in [5, 5.41) is 7.45. The first-order chi connectivity index (χ1) is 6.15. The number of hydrogen-bond donors (Lipinski definition) is 2. The lowest BCUT2D eigenvalue weighted by atomic mass is 9.90. The van der Waals surface area contributed by atoms with Gasteiger partial charge in [-0.2, -0.15) is 0 Å². The molecule has 1 fully saturated rings. The molecule has 2 atom stereocenters. The van der Waals surface area contributed by atoms with Gasteiger partial charge in [-0.05, 0) is 18.1 Å². The monoisotopic (exact) mass is 180 g/mol. The number of rotatable bonds is 1. The van der Waals surface area contributed by atoms with Crippen LogP contribution in [0.1, 0.15) is 6.92 Å². The molecule has 0 spiro atoms. The van der Waals surface area contributed by atoms with Crippen LogP contribution in [-0.2, 0) is 9.47 Å². The molecule has 4 heteroatoms. The molecule has 0 radical (unpaired) electrons. The zero-order chi connectivity index (χ0) is 9.47. The highest BCUT2D eigenvalue weighted by molar-refractivity contribution is 5.92. The van der Waals surface area contributed by atoms with Crippen LogP contribution in [0.2, 0.25) is 0 Å². The van der Waals surface area contributed by atoms with Crippen molar-refractivity contribution in [2.75, 3.05) is 6.79 Å². The van der Waals surface area contributed by atoms with Crippen LogP contribution in [0.15, 0.2) is 24.0 Å². The summed E-state index contributed by atoms with van der Waals surface area (Å²) >= 11 is 0. The number of fused-ring (bicyclic) bond motifs is 1. The van der Waals surface area contributed by atoms with Crippen LogP contribution < -0.4 is 5.73 Å². The molecule has 2 unspecified atom stereocenters. The average Bonchev–Trinajstić information content (AvgIpc) is 2.48. The van der Waals surface area contributed by atoms with Gasteiger partial charge in [0.1, 0.15) is 11.6 Å². The summed E-state index contributed by atoms with van der Waals surface area (Å²) < 4.78 is 10.6. The van der Waals surface area contributed by atoms with E-state index in [0.717, 1.165) is 0 Å². The molecule has 0 aromatic rings. The fourth-order valence-corrected chi connectivity index (χ4v) is 1.55. The minimum absolute atomic E-state index is 0.0283. The van der Waals surface area contributed by atoms with Crippen molar-refractivity contribution in [2.24, 2.45) is 11.7 Å². The van der Waals surface area contributed by atoms with E-state index >= 15 is 0 Å². The van der Waals surface area contributed by atoms with Crippen LogP contribution in [0.25, 0.3) is 0 Å². The van der Waals surface area contributed by atoms with Gasteiger partial charge in [0.2, 0.25) is 5.60 Å². The summed E-state index contributed by atoms with van der Waals surface area (Å²) in [6, 6.07) is 0. The minimum Gasteiger partial charge on any atom is -0.468 e. The van der Waals surface area contributed by atoms with Crippen molar-refractivity contribution in [1.82, 2.24) is 0 Å². The Labute approximate surface area is 76.5 Å². The van der Waals surface area contributed by atoms with Gasteiger partial charge in [-0.1, -0.05) is 13.0 Å². The van der Waals surface area contributed by atoms with E-state index in [9.17, 15) is 0 Å². The molecule has 0 saturated carbocycles. The van der Waals surface area contributed by atoms with Crippen molar-refractivity contribution >= 4 is 5.84 Å². The Hall–Kier alpha value is -1.29. The highest BCUT2D eigenvalue weighted by Crippen LogP contribution is 2.35. The van der Waals surface area contributed by atoms with Gasteiger partial charge >= 0.3 is 0 Å². The molecule has 0 aromatic carbocycles. The first-order valence-corrected chi connectivity index (χ1v) is 4.18. The second-order valence-electron chi connectivity index (χ2n) is 3.31. The van der Waals surface area contributed by atoms with E-state index in [0.29, 0.717) is 11.7 Å². The Balaban J connectivity index is 2.42. The van der Waals surface area contributed by atoms with E-state index in [-0.39, 0.29) is 12.6 Å². The second-order valence-corrected chi connectivity index (χ2v) is 3.31. The average molecular weight is 180 g/mol. The fraction of sp³-hybridized carbons (Fsp3) is 0.444. The molecule has 1 saturated heterocycles. The van der Waals surface area contributed by atoms with Gasteiger partial charge in [-0.15, -0.1) is 0 Å². The number of nitrogens with two attached hydrogens (primary N) is 1. The summed E-state index contributed by atoms with van der Waals surface area (Å²) in [6.45, 7) is 2.21. The van der Waals surface area contributed by atoms with Crippen molar-refractivity contribution in [1.29, 1.82) is 5.41 Å². The number of ether oxygens (including phenoxy) is 2. The Kier molecular flexibility index (Phi) is 1.66. The van der Waals surface area contributed by atoms with Crippen LogP contribution >= 0.6 is 0 Å². The lowest BCUT2D eigenvalue weighted by molar-refractivity contribution is 0.0440. The zero-order valence-electron chi connectivity index (χ0n) is 7.41. The van der Waals surface area contributed by atoms with Crippen LogP contribution in [0.4, 0.5) is 0 Å². The van der Waals surface area contributed by atoms with Gasteiger partial charge in [0.05, 0.1) is 0 Å². The summed E-state index contributed by atoms with van der Waals surface area (Å²) in [7, 11) is 0. The van der Waals surface area contributed by atoms with Crippen molar-refractivity contribution in [3.63, 3.8) is 0 Å². The summed E-state index contributed by atoms with van der Waals surface area (Å²) in [4.78, 5) is 0. The molecule has 0 amide bonds. The predicted molar refractivity (Wildman–Crippen MR) is 48.1 cm³/mol. The third-order valence-corrected chi connectivity index (χ3v) is 2.32. The zero-order valence-corrected chi connectivity index (χ0v) is 7.41. The van der Waals surface area contributed by atoms with Gasteiger partial charge in [-0.25, -0.2) is 0 Å². The molecule has 70 valence electrons. The molecule has 4 nitrogen and oxygen atoms in total. The summed E-state index contributed by atoms with van der Waals surface area (Å²) in [5.74, 6) is 0.929. The summed E-state index contributed by atoms with van der Waals surface area (Å²) in [5.41, 5.74) is 4.56. The minimum atomic E-state index is -0.910. The second kappa shape index (κ2) is 2.60. The molecule has 1 aliphatic heterocycles. The normalized spacial score (nSPS) is 36.4. The van der Waals surface area contributed by atoms with E-state index in [1.807, 2.05) is 19.1 Å². The number of nitrogens with one attached hydrogen (secondary N) is 1.